The third-order valence-corrected chi connectivity index (χ3v) is 4.27. The summed E-state index contributed by atoms with van der Waals surface area (Å²) < 4.78 is 7.93. The number of benzene rings is 2. The van der Waals surface area contributed by atoms with E-state index in [-0.39, 0.29) is 5.43 Å². The molecule has 22 heavy (non-hydrogen) atoms. The third-order valence-electron chi connectivity index (χ3n) is 4.27. The lowest BCUT2D eigenvalue weighted by Crippen LogP contribution is -2.15. The fourth-order valence-electron chi connectivity index (χ4n) is 3.18. The van der Waals surface area contributed by atoms with Crippen molar-refractivity contribution in [3.8, 4) is 5.88 Å². The highest BCUT2D eigenvalue weighted by molar-refractivity contribution is 5.81. The Morgan fingerprint density at radius 1 is 1.00 bits per heavy atom. The monoisotopic (exact) mass is 291 g/mol. The maximum absolute atomic E-state index is 12.6. The average molecular weight is 291 g/mol. The molecule has 110 valence electrons. The molecular formula is C19H17NO2. The van der Waals surface area contributed by atoms with Crippen LogP contribution in [0.15, 0.2) is 59.4 Å². The van der Waals surface area contributed by atoms with Crippen LogP contribution >= 0.6 is 0 Å². The quantitative estimate of drug-likeness (QED) is 0.742. The van der Waals surface area contributed by atoms with Gasteiger partial charge in [0, 0.05) is 18.4 Å². The Morgan fingerprint density at radius 2 is 1.77 bits per heavy atom. The van der Waals surface area contributed by atoms with Crippen LogP contribution in [0.4, 0.5) is 0 Å². The molecule has 0 saturated heterocycles. The minimum atomic E-state index is 0.124. The Kier molecular flexibility index (Phi) is 3.19. The van der Waals surface area contributed by atoms with E-state index in [0.29, 0.717) is 13.0 Å². The Balaban J connectivity index is 1.83. The van der Waals surface area contributed by atoms with Crippen molar-refractivity contribution in [2.24, 2.45) is 0 Å². The van der Waals surface area contributed by atoms with Gasteiger partial charge in [0.05, 0.1) is 17.7 Å². The van der Waals surface area contributed by atoms with Crippen molar-refractivity contribution in [3.63, 3.8) is 0 Å². The molecule has 0 bridgehead atoms. The van der Waals surface area contributed by atoms with Crippen molar-refractivity contribution in [3.05, 3.63) is 75.9 Å². The van der Waals surface area contributed by atoms with Crippen molar-refractivity contribution in [2.75, 3.05) is 6.61 Å². The fourth-order valence-corrected chi connectivity index (χ4v) is 3.18. The second-order valence-corrected chi connectivity index (χ2v) is 5.62. The summed E-state index contributed by atoms with van der Waals surface area (Å²) in [6.45, 7) is 1.42. The van der Waals surface area contributed by atoms with Crippen LogP contribution in [-0.2, 0) is 19.4 Å². The van der Waals surface area contributed by atoms with Crippen LogP contribution in [0.1, 0.15) is 11.1 Å². The number of pyridine rings is 1. The molecule has 0 fully saturated rings. The van der Waals surface area contributed by atoms with Gasteiger partial charge in [-0.25, -0.2) is 0 Å². The molecule has 0 amide bonds. The number of aryl methyl sites for hydroxylation is 2. The van der Waals surface area contributed by atoms with Crippen LogP contribution in [-0.4, -0.2) is 11.2 Å². The second-order valence-electron chi connectivity index (χ2n) is 5.62. The normalized spacial score (nSPS) is 13.1. The number of nitrogens with zero attached hydrogens (tertiary/aromatic N) is 1. The van der Waals surface area contributed by atoms with Crippen LogP contribution in [0.2, 0.25) is 0 Å². The van der Waals surface area contributed by atoms with E-state index in [0.717, 1.165) is 35.3 Å². The van der Waals surface area contributed by atoms with Gasteiger partial charge in [-0.15, -0.1) is 0 Å². The van der Waals surface area contributed by atoms with Gasteiger partial charge in [-0.05, 0) is 24.1 Å². The highest BCUT2D eigenvalue weighted by atomic mass is 16.5. The summed E-state index contributed by atoms with van der Waals surface area (Å²) in [6.07, 6.45) is 1.63. The van der Waals surface area contributed by atoms with Gasteiger partial charge in [-0.2, -0.15) is 0 Å². The topological polar surface area (TPSA) is 31.2 Å². The average Bonchev–Trinajstić information content (AvgIpc) is 3.06. The predicted octanol–water partition coefficient (Wildman–Crippen LogP) is 3.18. The van der Waals surface area contributed by atoms with Gasteiger partial charge in [0.25, 0.3) is 0 Å². The first-order chi connectivity index (χ1) is 10.8. The molecule has 0 spiro atoms. The second kappa shape index (κ2) is 5.34. The van der Waals surface area contributed by atoms with Crippen molar-refractivity contribution >= 4 is 10.9 Å². The van der Waals surface area contributed by atoms with Crippen molar-refractivity contribution in [1.29, 1.82) is 0 Å². The minimum absolute atomic E-state index is 0.124. The fraction of sp³-hybridized carbons (Fsp3) is 0.211. The maximum Gasteiger partial charge on any atom is 0.201 e. The summed E-state index contributed by atoms with van der Waals surface area (Å²) in [6, 6.07) is 18.2. The van der Waals surface area contributed by atoms with E-state index in [1.165, 1.54) is 5.56 Å². The highest BCUT2D eigenvalue weighted by Crippen LogP contribution is 2.27. The third kappa shape index (κ3) is 2.10. The zero-order chi connectivity index (χ0) is 14.9. The van der Waals surface area contributed by atoms with E-state index >= 15 is 0 Å². The number of hydrogen-bond acceptors (Lipinski definition) is 2. The van der Waals surface area contributed by atoms with E-state index in [1.54, 1.807) is 0 Å². The van der Waals surface area contributed by atoms with Crippen LogP contribution in [0, 0.1) is 0 Å². The van der Waals surface area contributed by atoms with Gasteiger partial charge in [-0.1, -0.05) is 42.5 Å². The van der Waals surface area contributed by atoms with E-state index in [2.05, 4.69) is 28.8 Å². The molecule has 4 rings (SSSR count). The number of fused-ring (bicyclic) bond motifs is 2. The lowest BCUT2D eigenvalue weighted by Gasteiger charge is -2.15. The van der Waals surface area contributed by atoms with E-state index < -0.39 is 0 Å². The number of hydrogen-bond donors (Lipinski definition) is 0. The molecule has 3 heteroatoms. The Bertz CT molecular complexity index is 881. The number of rotatable bonds is 3. The molecule has 1 aliphatic rings. The Morgan fingerprint density at radius 3 is 2.64 bits per heavy atom. The van der Waals surface area contributed by atoms with E-state index in [9.17, 15) is 4.79 Å². The first-order valence-electron chi connectivity index (χ1n) is 7.66. The molecule has 0 radical (unpaired) electrons. The SMILES string of the molecule is O=c1c2c(n(CCc3ccccc3)c3ccccc13)OCC2. The molecule has 0 aliphatic carbocycles. The van der Waals surface area contributed by atoms with Crippen molar-refractivity contribution in [1.82, 2.24) is 4.57 Å². The van der Waals surface area contributed by atoms with Crippen molar-refractivity contribution < 1.29 is 4.74 Å². The first-order valence-corrected chi connectivity index (χ1v) is 7.66. The maximum atomic E-state index is 12.6. The lowest BCUT2D eigenvalue weighted by atomic mass is 10.1. The number of aromatic nitrogens is 1. The van der Waals surface area contributed by atoms with Crippen LogP contribution in [0.3, 0.4) is 0 Å². The number of para-hydroxylation sites is 1. The molecule has 2 aromatic carbocycles. The molecule has 0 unspecified atom stereocenters. The van der Waals surface area contributed by atoms with Gasteiger partial charge < -0.3 is 9.30 Å². The molecule has 1 aliphatic heterocycles. The summed E-state index contributed by atoms with van der Waals surface area (Å²) >= 11 is 0. The summed E-state index contributed by atoms with van der Waals surface area (Å²) in [4.78, 5) is 12.6. The molecule has 3 aromatic rings. The largest absolute Gasteiger partial charge is 0.478 e. The molecule has 0 N–H and O–H groups in total. The highest BCUT2D eigenvalue weighted by Gasteiger charge is 2.22. The van der Waals surface area contributed by atoms with E-state index in [4.69, 9.17) is 4.74 Å². The van der Waals surface area contributed by atoms with Gasteiger partial charge in [-0.3, -0.25) is 4.79 Å². The molecule has 1 aromatic heterocycles. The van der Waals surface area contributed by atoms with Crippen molar-refractivity contribution in [2.45, 2.75) is 19.4 Å². The van der Waals surface area contributed by atoms with Crippen LogP contribution in [0.25, 0.3) is 10.9 Å². The predicted molar refractivity (Wildman–Crippen MR) is 87.6 cm³/mol. The van der Waals surface area contributed by atoms with Crippen LogP contribution in [0.5, 0.6) is 5.88 Å². The standard InChI is InChI=1S/C19H17NO2/c21-18-15-8-4-5-9-17(15)20(19-16(18)11-13-22-19)12-10-14-6-2-1-3-7-14/h1-9H,10-13H2. The molecular weight excluding hydrogens is 274 g/mol. The Labute approximate surface area is 128 Å². The smallest absolute Gasteiger partial charge is 0.201 e. The lowest BCUT2D eigenvalue weighted by molar-refractivity contribution is 0.327. The summed E-state index contributed by atoms with van der Waals surface area (Å²) in [7, 11) is 0. The molecule has 0 atom stereocenters. The first kappa shape index (κ1) is 13.1. The minimum Gasteiger partial charge on any atom is -0.478 e. The summed E-state index contributed by atoms with van der Waals surface area (Å²) in [5.74, 6) is 0.764. The number of ether oxygens (including phenoxy) is 1. The molecule has 3 nitrogen and oxygen atoms in total. The van der Waals surface area contributed by atoms with Gasteiger partial charge in [0.1, 0.15) is 0 Å². The van der Waals surface area contributed by atoms with Gasteiger partial charge in [0.15, 0.2) is 5.43 Å². The zero-order valence-electron chi connectivity index (χ0n) is 12.3. The van der Waals surface area contributed by atoms with Gasteiger partial charge in [0.2, 0.25) is 5.88 Å². The van der Waals surface area contributed by atoms with E-state index in [1.807, 2.05) is 30.3 Å². The molecule has 0 saturated carbocycles. The van der Waals surface area contributed by atoms with Gasteiger partial charge >= 0.3 is 0 Å². The zero-order valence-corrected chi connectivity index (χ0v) is 12.3. The summed E-state index contributed by atoms with van der Waals surface area (Å²) in [5.41, 5.74) is 3.20. The summed E-state index contributed by atoms with van der Waals surface area (Å²) in [5, 5.41) is 0.791. The Hall–Kier alpha value is -2.55. The van der Waals surface area contributed by atoms with Crippen LogP contribution < -0.4 is 10.2 Å². The molecule has 2 heterocycles.